The van der Waals surface area contributed by atoms with Crippen LogP contribution in [0.2, 0.25) is 0 Å². The van der Waals surface area contributed by atoms with Gasteiger partial charge in [0.25, 0.3) is 0 Å². The van der Waals surface area contributed by atoms with Gasteiger partial charge in [0.2, 0.25) is 0 Å². The third-order valence-electron chi connectivity index (χ3n) is 3.67. The van der Waals surface area contributed by atoms with Crippen molar-refractivity contribution in [3.05, 3.63) is 30.1 Å². The first kappa shape index (κ1) is 14.1. The minimum absolute atomic E-state index is 0.240. The molecule has 2 heterocycles. The summed E-state index contributed by atoms with van der Waals surface area (Å²) >= 11 is 0. The van der Waals surface area contributed by atoms with Crippen molar-refractivity contribution in [1.82, 2.24) is 9.55 Å². The molecular weight excluding hydrogens is 234 g/mol. The molecular formula is C16H25N3. The van der Waals surface area contributed by atoms with Gasteiger partial charge in [-0.3, -0.25) is 0 Å². The minimum Gasteiger partial charge on any atom is -0.332 e. The third kappa shape index (κ3) is 3.35. The van der Waals surface area contributed by atoms with Crippen molar-refractivity contribution in [2.75, 3.05) is 0 Å². The van der Waals surface area contributed by atoms with Gasteiger partial charge in [-0.15, -0.1) is 0 Å². The Balaban J connectivity index is 2.31. The van der Waals surface area contributed by atoms with E-state index in [-0.39, 0.29) is 6.04 Å². The quantitative estimate of drug-likeness (QED) is 0.864. The van der Waals surface area contributed by atoms with Crippen molar-refractivity contribution in [2.45, 2.75) is 52.6 Å². The van der Waals surface area contributed by atoms with Crippen LogP contribution in [-0.2, 0) is 13.0 Å². The lowest BCUT2D eigenvalue weighted by molar-refractivity contribution is 0.522. The van der Waals surface area contributed by atoms with Gasteiger partial charge in [0, 0.05) is 30.4 Å². The summed E-state index contributed by atoms with van der Waals surface area (Å²) in [4.78, 5) is 4.54. The van der Waals surface area contributed by atoms with Crippen LogP contribution in [-0.4, -0.2) is 15.6 Å². The summed E-state index contributed by atoms with van der Waals surface area (Å²) in [5.74, 6) is 0.711. The van der Waals surface area contributed by atoms with Crippen LogP contribution in [0.3, 0.4) is 0 Å². The van der Waals surface area contributed by atoms with Gasteiger partial charge in [-0.1, -0.05) is 20.8 Å². The Morgan fingerprint density at radius 2 is 2.16 bits per heavy atom. The highest BCUT2D eigenvalue weighted by Crippen LogP contribution is 2.21. The first-order chi connectivity index (χ1) is 9.11. The number of hydrogen-bond acceptors (Lipinski definition) is 2. The van der Waals surface area contributed by atoms with E-state index in [1.807, 2.05) is 12.3 Å². The molecule has 1 unspecified atom stereocenters. The van der Waals surface area contributed by atoms with Crippen LogP contribution in [0.4, 0.5) is 0 Å². The Morgan fingerprint density at radius 1 is 1.37 bits per heavy atom. The lowest BCUT2D eigenvalue weighted by Gasteiger charge is -2.07. The predicted molar refractivity (Wildman–Crippen MR) is 81.2 cm³/mol. The Kier molecular flexibility index (Phi) is 4.59. The maximum atomic E-state index is 6.10. The zero-order valence-corrected chi connectivity index (χ0v) is 12.3. The van der Waals surface area contributed by atoms with Gasteiger partial charge >= 0.3 is 0 Å². The van der Waals surface area contributed by atoms with Crippen LogP contribution in [0.15, 0.2) is 24.5 Å². The monoisotopic (exact) mass is 259 g/mol. The average molecular weight is 259 g/mol. The maximum Gasteiger partial charge on any atom is 0.140 e. The Bertz CT molecular complexity index is 528. The highest BCUT2D eigenvalue weighted by molar-refractivity contribution is 5.80. The van der Waals surface area contributed by atoms with Crippen molar-refractivity contribution in [3.8, 4) is 0 Å². The molecule has 0 radical (unpaired) electrons. The van der Waals surface area contributed by atoms with Crippen LogP contribution in [0.1, 0.15) is 39.2 Å². The predicted octanol–water partition coefficient (Wildman–Crippen LogP) is 3.36. The molecule has 0 aliphatic carbocycles. The highest BCUT2D eigenvalue weighted by atomic mass is 15.0. The van der Waals surface area contributed by atoms with E-state index < -0.39 is 0 Å². The summed E-state index contributed by atoms with van der Waals surface area (Å²) in [6.45, 7) is 7.69. The first-order valence-corrected chi connectivity index (χ1v) is 7.30. The summed E-state index contributed by atoms with van der Waals surface area (Å²) < 4.78 is 2.28. The lowest BCUT2D eigenvalue weighted by atomic mass is 10.1. The second-order valence-electron chi connectivity index (χ2n) is 5.78. The molecule has 3 heteroatoms. The van der Waals surface area contributed by atoms with Crippen molar-refractivity contribution in [3.63, 3.8) is 0 Å². The number of hydrogen-bond donors (Lipinski definition) is 1. The molecule has 2 aromatic heterocycles. The zero-order chi connectivity index (χ0) is 13.8. The second-order valence-corrected chi connectivity index (χ2v) is 5.78. The van der Waals surface area contributed by atoms with Crippen molar-refractivity contribution >= 4 is 11.0 Å². The Labute approximate surface area is 115 Å². The molecule has 3 nitrogen and oxygen atoms in total. The summed E-state index contributed by atoms with van der Waals surface area (Å²) in [7, 11) is 0. The van der Waals surface area contributed by atoms with Gasteiger partial charge in [-0.05, 0) is 42.9 Å². The zero-order valence-electron chi connectivity index (χ0n) is 12.3. The molecule has 0 saturated carbocycles. The van der Waals surface area contributed by atoms with E-state index in [0.717, 1.165) is 25.0 Å². The largest absolute Gasteiger partial charge is 0.332 e. The number of aromatic nitrogens is 2. The number of nitrogens with zero attached hydrogens (tertiary/aromatic N) is 2. The summed E-state index contributed by atoms with van der Waals surface area (Å²) in [6, 6.07) is 4.41. The molecule has 0 aromatic carbocycles. The fourth-order valence-corrected chi connectivity index (χ4v) is 2.35. The normalized spacial score (nSPS) is 13.3. The van der Waals surface area contributed by atoms with Gasteiger partial charge in [0.15, 0.2) is 0 Å². The molecule has 0 saturated heterocycles. The molecule has 104 valence electrons. The van der Waals surface area contributed by atoms with Gasteiger partial charge in [-0.25, -0.2) is 4.98 Å². The van der Waals surface area contributed by atoms with Crippen molar-refractivity contribution < 1.29 is 0 Å². The molecule has 1 atom stereocenters. The molecule has 19 heavy (non-hydrogen) atoms. The molecule has 2 aromatic rings. The fraction of sp³-hybridized carbons (Fsp3) is 0.562. The van der Waals surface area contributed by atoms with E-state index in [2.05, 4.69) is 42.6 Å². The maximum absolute atomic E-state index is 6.10. The summed E-state index contributed by atoms with van der Waals surface area (Å²) in [6.07, 6.45) is 7.25. The number of rotatable bonds is 6. The number of aryl methyl sites for hydroxylation is 1. The molecule has 0 bridgehead atoms. The Morgan fingerprint density at radius 3 is 2.84 bits per heavy atom. The second kappa shape index (κ2) is 6.20. The average Bonchev–Trinajstić information content (AvgIpc) is 2.75. The lowest BCUT2D eigenvalue weighted by Crippen LogP contribution is -2.21. The van der Waals surface area contributed by atoms with Crippen molar-refractivity contribution in [1.29, 1.82) is 0 Å². The molecule has 0 spiro atoms. The van der Waals surface area contributed by atoms with Crippen LogP contribution in [0.5, 0.6) is 0 Å². The summed E-state index contributed by atoms with van der Waals surface area (Å²) in [5, 5.41) is 1.26. The van der Waals surface area contributed by atoms with E-state index in [0.29, 0.717) is 5.92 Å². The highest BCUT2D eigenvalue weighted by Gasteiger charge is 2.11. The minimum atomic E-state index is 0.240. The van der Waals surface area contributed by atoms with Crippen LogP contribution in [0.25, 0.3) is 11.0 Å². The Hall–Kier alpha value is -1.35. The van der Waals surface area contributed by atoms with E-state index >= 15 is 0 Å². The van der Waals surface area contributed by atoms with Gasteiger partial charge in [-0.2, -0.15) is 0 Å². The summed E-state index contributed by atoms with van der Waals surface area (Å²) in [5.41, 5.74) is 8.53. The number of pyridine rings is 1. The smallest absolute Gasteiger partial charge is 0.140 e. The topological polar surface area (TPSA) is 43.8 Å². The standard InChI is InChI=1S/C16H25N3/c1-4-14(17)10-13-11-19(9-7-12(2)3)16-15(13)6-5-8-18-16/h5-6,8,11-12,14H,4,7,9-10,17H2,1-3H3. The SMILES string of the molecule is CCC(N)Cc1cn(CCC(C)C)c2ncccc12. The van der Waals surface area contributed by atoms with Crippen LogP contribution in [0, 0.1) is 5.92 Å². The van der Waals surface area contributed by atoms with Gasteiger partial charge in [0.05, 0.1) is 0 Å². The third-order valence-corrected chi connectivity index (χ3v) is 3.67. The van der Waals surface area contributed by atoms with Gasteiger partial charge in [0.1, 0.15) is 5.65 Å². The van der Waals surface area contributed by atoms with E-state index in [9.17, 15) is 0 Å². The fourth-order valence-electron chi connectivity index (χ4n) is 2.35. The molecule has 0 amide bonds. The molecule has 0 fully saturated rings. The first-order valence-electron chi connectivity index (χ1n) is 7.30. The van der Waals surface area contributed by atoms with E-state index in [1.165, 1.54) is 17.4 Å². The van der Waals surface area contributed by atoms with Crippen LogP contribution < -0.4 is 5.73 Å². The van der Waals surface area contributed by atoms with Crippen LogP contribution >= 0.6 is 0 Å². The van der Waals surface area contributed by atoms with Gasteiger partial charge < -0.3 is 10.3 Å². The molecule has 2 rings (SSSR count). The number of fused-ring (bicyclic) bond motifs is 1. The molecule has 0 aliphatic heterocycles. The van der Waals surface area contributed by atoms with Crippen molar-refractivity contribution in [2.24, 2.45) is 11.7 Å². The van der Waals surface area contributed by atoms with E-state index in [4.69, 9.17) is 5.73 Å². The number of nitrogens with two attached hydrogens (primary N) is 1. The van der Waals surface area contributed by atoms with E-state index in [1.54, 1.807) is 0 Å². The molecule has 2 N–H and O–H groups in total. The molecule has 0 aliphatic rings.